The number of hydrogen-bond acceptors (Lipinski definition) is 8. The molecule has 4 rings (SSSR count). The highest BCUT2D eigenvalue weighted by Gasteiger charge is 2.35. The van der Waals surface area contributed by atoms with Gasteiger partial charge in [0.15, 0.2) is 0 Å². The molecule has 3 N–H and O–H groups in total. The molecule has 1 saturated heterocycles. The third-order valence-corrected chi connectivity index (χ3v) is 5.17. The van der Waals surface area contributed by atoms with Gasteiger partial charge in [0.2, 0.25) is 11.9 Å². The van der Waals surface area contributed by atoms with Gasteiger partial charge in [-0.05, 0) is 26.0 Å². The summed E-state index contributed by atoms with van der Waals surface area (Å²) in [5.41, 5.74) is 7.58. The molecule has 188 valence electrons. The molecule has 35 heavy (non-hydrogen) atoms. The molecule has 2 aromatic rings. The first-order valence-corrected chi connectivity index (χ1v) is 11.1. The highest BCUT2D eigenvalue weighted by Crippen LogP contribution is 2.26. The predicted octanol–water partition coefficient (Wildman–Crippen LogP) is 2.86. The second kappa shape index (κ2) is 11.6. The van der Waals surface area contributed by atoms with Crippen molar-refractivity contribution in [2.45, 2.75) is 20.1 Å². The van der Waals surface area contributed by atoms with Crippen LogP contribution in [0, 0.1) is 6.92 Å². The van der Waals surface area contributed by atoms with E-state index in [0.29, 0.717) is 12.1 Å². The van der Waals surface area contributed by atoms with E-state index in [0.717, 1.165) is 55.6 Å². The monoisotopic (exact) mass is 491 g/mol. The number of primary amides is 1. The fourth-order valence-corrected chi connectivity index (χ4v) is 3.40. The second-order valence-electron chi connectivity index (χ2n) is 7.67. The first kappa shape index (κ1) is 25.9. The summed E-state index contributed by atoms with van der Waals surface area (Å²) in [5, 5.41) is 3.22. The number of anilines is 2. The molecule has 9 nitrogen and oxygen atoms in total. The van der Waals surface area contributed by atoms with Crippen LogP contribution < -0.4 is 16.0 Å². The van der Waals surface area contributed by atoms with Crippen molar-refractivity contribution in [3.05, 3.63) is 54.0 Å². The van der Waals surface area contributed by atoms with Gasteiger partial charge in [0.1, 0.15) is 5.82 Å². The summed E-state index contributed by atoms with van der Waals surface area (Å²) in [4.78, 5) is 26.5. The number of aryl methyl sites for hydroxylation is 1. The van der Waals surface area contributed by atoms with E-state index in [1.165, 1.54) is 12.2 Å². The third kappa shape index (κ3) is 7.15. The number of rotatable bonds is 5. The average molecular weight is 492 g/mol. The molecule has 2 aliphatic heterocycles. The van der Waals surface area contributed by atoms with Gasteiger partial charge in [-0.1, -0.05) is 12.2 Å². The van der Waals surface area contributed by atoms with Crippen molar-refractivity contribution >= 4 is 17.7 Å². The minimum Gasteiger partial charge on any atom is -0.378 e. The second-order valence-corrected chi connectivity index (χ2v) is 7.67. The molecule has 4 heterocycles. The highest BCUT2D eigenvalue weighted by atomic mass is 19.4. The summed E-state index contributed by atoms with van der Waals surface area (Å²) in [5.74, 6) is 0.724. The maximum Gasteiger partial charge on any atom is 0.484 e. The Morgan fingerprint density at radius 2 is 2.00 bits per heavy atom. The van der Waals surface area contributed by atoms with Crippen molar-refractivity contribution in [3.63, 3.8) is 0 Å². The quantitative estimate of drug-likeness (QED) is 0.615. The lowest BCUT2D eigenvalue weighted by Crippen LogP contribution is -2.37. The number of morpholine rings is 1. The smallest absolute Gasteiger partial charge is 0.378 e. The number of carbonyl (C=O) groups is 1. The molecule has 0 radical (unpaired) electrons. The van der Waals surface area contributed by atoms with Crippen molar-refractivity contribution in [1.82, 2.24) is 19.9 Å². The Morgan fingerprint density at radius 1 is 1.26 bits per heavy atom. The molecule has 0 atom stereocenters. The fraction of sp³-hybridized carbons (Fsp3) is 0.391. The number of ether oxygens (including phenoxy) is 1. The summed E-state index contributed by atoms with van der Waals surface area (Å²) in [6.07, 6.45) is 0.528. The predicted molar refractivity (Wildman–Crippen MR) is 126 cm³/mol. The molecule has 1 fully saturated rings. The Labute approximate surface area is 201 Å². The summed E-state index contributed by atoms with van der Waals surface area (Å²) >= 11 is 0. The molecule has 2 aromatic heterocycles. The van der Waals surface area contributed by atoms with E-state index in [1.54, 1.807) is 6.20 Å². The van der Waals surface area contributed by atoms with Crippen molar-refractivity contribution < 1.29 is 22.7 Å². The number of amides is 1. The molecule has 0 bridgehead atoms. The van der Waals surface area contributed by atoms with Crippen LogP contribution in [0.3, 0.4) is 0 Å². The van der Waals surface area contributed by atoms with E-state index in [9.17, 15) is 18.0 Å². The topological polar surface area (TPSA) is 109 Å². The van der Waals surface area contributed by atoms with Gasteiger partial charge in [-0.15, -0.1) is 0 Å². The summed E-state index contributed by atoms with van der Waals surface area (Å²) in [6, 6.07) is 6.02. The number of nitrogens with one attached hydrogen (secondary N) is 1. The lowest BCUT2D eigenvalue weighted by atomic mass is 10.1. The number of alkyl halides is 3. The van der Waals surface area contributed by atoms with Crippen molar-refractivity contribution in [1.29, 1.82) is 0 Å². The van der Waals surface area contributed by atoms with Crippen LogP contribution in [0.5, 0.6) is 0 Å². The van der Waals surface area contributed by atoms with E-state index in [4.69, 9.17) is 10.5 Å². The normalized spacial score (nSPS) is 15.7. The van der Waals surface area contributed by atoms with Gasteiger partial charge in [-0.25, -0.2) is 4.98 Å². The molecule has 2 aliphatic rings. The van der Waals surface area contributed by atoms with Crippen LogP contribution in [0.2, 0.25) is 0 Å². The number of nitrogens with two attached hydrogens (primary N) is 1. The van der Waals surface area contributed by atoms with Crippen LogP contribution in [0.1, 0.15) is 12.6 Å². The average Bonchev–Trinajstić information content (AvgIpc) is 2.85. The lowest BCUT2D eigenvalue weighted by Gasteiger charge is -2.28. The summed E-state index contributed by atoms with van der Waals surface area (Å²) in [7, 11) is 0. The SMILES string of the molecule is CCNc1nc(-c2cccnc2C)cc(N2CCOCC2)n1.NC(=O)C1=CN(C(F)(F)F)CC=C1. The largest absolute Gasteiger partial charge is 0.484 e. The first-order chi connectivity index (χ1) is 16.7. The van der Waals surface area contributed by atoms with E-state index in [1.807, 2.05) is 32.0 Å². The number of hydrogen-bond donors (Lipinski definition) is 2. The van der Waals surface area contributed by atoms with E-state index >= 15 is 0 Å². The Hall–Kier alpha value is -3.67. The number of nitrogens with zero attached hydrogens (tertiary/aromatic N) is 5. The molecule has 1 amide bonds. The van der Waals surface area contributed by atoms with Crippen molar-refractivity contribution in [2.75, 3.05) is 49.6 Å². The van der Waals surface area contributed by atoms with Gasteiger partial charge >= 0.3 is 6.30 Å². The van der Waals surface area contributed by atoms with Crippen LogP contribution in [0.4, 0.5) is 24.9 Å². The number of halogens is 3. The number of aromatic nitrogens is 3. The van der Waals surface area contributed by atoms with Gasteiger partial charge in [0.05, 0.1) is 24.5 Å². The van der Waals surface area contributed by atoms with E-state index < -0.39 is 12.2 Å². The van der Waals surface area contributed by atoms with E-state index in [-0.39, 0.29) is 17.0 Å². The van der Waals surface area contributed by atoms with Crippen LogP contribution in [0.25, 0.3) is 11.3 Å². The van der Waals surface area contributed by atoms with Crippen LogP contribution in [-0.2, 0) is 9.53 Å². The van der Waals surface area contributed by atoms with Crippen molar-refractivity contribution in [3.8, 4) is 11.3 Å². The number of pyridine rings is 1. The maximum absolute atomic E-state index is 12.1. The molecule has 0 aromatic carbocycles. The molecule has 0 unspecified atom stereocenters. The Bertz CT molecular complexity index is 1080. The lowest BCUT2D eigenvalue weighted by molar-refractivity contribution is -0.224. The first-order valence-electron chi connectivity index (χ1n) is 11.1. The van der Waals surface area contributed by atoms with Gasteiger partial charge in [-0.3, -0.25) is 14.7 Å². The minimum atomic E-state index is -4.47. The zero-order chi connectivity index (χ0) is 25.4. The molecular formula is C23H28F3N7O2. The molecule has 12 heteroatoms. The number of carbonyl (C=O) groups excluding carboxylic acids is 1. The standard InChI is InChI=1S/C16H21N5O.C7H7F3N2O/c1-3-17-16-19-14(13-5-4-6-18-12(13)2)11-15(20-16)21-7-9-22-10-8-21;8-7(9,10)12-3-1-2-5(4-12)6(11)13/h4-6,11H,3,7-10H2,1-2H3,(H,17,19,20);1-2,4H,3H2,(H2,11,13). The van der Waals surface area contributed by atoms with Crippen LogP contribution in [0.15, 0.2) is 48.3 Å². The molecule has 0 spiro atoms. The maximum atomic E-state index is 12.1. The highest BCUT2D eigenvalue weighted by molar-refractivity contribution is 5.94. The summed E-state index contributed by atoms with van der Waals surface area (Å²) < 4.78 is 41.6. The molecule has 0 aliphatic carbocycles. The van der Waals surface area contributed by atoms with Gasteiger partial charge < -0.3 is 20.7 Å². The van der Waals surface area contributed by atoms with Crippen LogP contribution >= 0.6 is 0 Å². The molecular weight excluding hydrogens is 463 g/mol. The molecule has 0 saturated carbocycles. The third-order valence-electron chi connectivity index (χ3n) is 5.17. The van der Waals surface area contributed by atoms with Gasteiger partial charge in [0, 0.05) is 55.9 Å². The Balaban J connectivity index is 0.000000225. The summed E-state index contributed by atoms with van der Waals surface area (Å²) in [6.45, 7) is 7.72. The zero-order valence-corrected chi connectivity index (χ0v) is 19.5. The Morgan fingerprint density at radius 3 is 2.63 bits per heavy atom. The van der Waals surface area contributed by atoms with Crippen LogP contribution in [-0.4, -0.2) is 71.5 Å². The zero-order valence-electron chi connectivity index (χ0n) is 19.5. The fourth-order valence-electron chi connectivity index (χ4n) is 3.40. The minimum absolute atomic E-state index is 0.0904. The van der Waals surface area contributed by atoms with E-state index in [2.05, 4.69) is 25.2 Å². The van der Waals surface area contributed by atoms with Crippen molar-refractivity contribution in [2.24, 2.45) is 5.73 Å². The van der Waals surface area contributed by atoms with Gasteiger partial charge in [0.25, 0.3) is 0 Å². The Kier molecular flexibility index (Phi) is 8.63. The van der Waals surface area contributed by atoms with Gasteiger partial charge in [-0.2, -0.15) is 18.2 Å².